The molecule has 8 nitrogen and oxygen atoms in total. The molecular weight excluding hydrogens is 316 g/mol. The van der Waals surface area contributed by atoms with Crippen LogP contribution in [-0.2, 0) is 10.0 Å². The maximum Gasteiger partial charge on any atom is 0.306 e. The smallest absolute Gasteiger partial charge is 0.306 e. The maximum absolute atomic E-state index is 12.7. The molecule has 10 heteroatoms. The molecule has 0 saturated carbocycles. The van der Waals surface area contributed by atoms with E-state index in [4.69, 9.17) is 5.84 Å². The van der Waals surface area contributed by atoms with Crippen LogP contribution in [0, 0.1) is 16.0 Å². The van der Waals surface area contributed by atoms with Gasteiger partial charge in [-0.1, -0.05) is 25.2 Å². The van der Waals surface area contributed by atoms with Gasteiger partial charge in [-0.15, -0.1) is 0 Å². The van der Waals surface area contributed by atoms with Crippen molar-refractivity contribution in [2.45, 2.75) is 36.9 Å². The van der Waals surface area contributed by atoms with Gasteiger partial charge in [0.1, 0.15) is 4.21 Å². The average Bonchev–Trinajstić information content (AvgIpc) is 3.05. The number of hydrogen-bond donors (Lipinski definition) is 2. The number of nitrogens with one attached hydrogen (secondary N) is 1. The van der Waals surface area contributed by atoms with Crippen LogP contribution < -0.4 is 11.3 Å². The molecule has 1 unspecified atom stereocenters. The third kappa shape index (κ3) is 2.89. The number of hydrazine groups is 1. The summed E-state index contributed by atoms with van der Waals surface area (Å²) in [6.45, 7) is 4.40. The molecule has 118 valence electrons. The lowest BCUT2D eigenvalue weighted by atomic mass is 10.0. The Balaban J connectivity index is 2.42. The summed E-state index contributed by atoms with van der Waals surface area (Å²) >= 11 is 0.788. The molecule has 1 aromatic heterocycles. The minimum absolute atomic E-state index is 0.0406. The third-order valence-electron chi connectivity index (χ3n) is 3.60. The van der Waals surface area contributed by atoms with Crippen LogP contribution in [0.25, 0.3) is 0 Å². The lowest BCUT2D eigenvalue weighted by molar-refractivity contribution is -0.383. The van der Waals surface area contributed by atoms with E-state index in [1.54, 1.807) is 0 Å². The van der Waals surface area contributed by atoms with Crippen molar-refractivity contribution in [1.82, 2.24) is 4.31 Å². The fourth-order valence-corrected chi connectivity index (χ4v) is 5.77. The molecule has 1 aliphatic heterocycles. The van der Waals surface area contributed by atoms with Crippen LogP contribution in [0.15, 0.2) is 10.3 Å². The molecular formula is C11H18N4O4S2. The van der Waals surface area contributed by atoms with E-state index in [0.717, 1.165) is 30.2 Å². The summed E-state index contributed by atoms with van der Waals surface area (Å²) in [5, 5.41) is 11.0. The summed E-state index contributed by atoms with van der Waals surface area (Å²) in [6.07, 6.45) is 1.61. The van der Waals surface area contributed by atoms with Crippen molar-refractivity contribution in [1.29, 1.82) is 0 Å². The molecule has 0 radical (unpaired) electrons. The quantitative estimate of drug-likeness (QED) is 0.481. The molecule has 1 saturated heterocycles. The first kappa shape index (κ1) is 16.1. The molecule has 0 bridgehead atoms. The molecule has 2 rings (SSSR count). The number of nitrogens with zero attached hydrogens (tertiary/aromatic N) is 2. The lowest BCUT2D eigenvalue weighted by Crippen LogP contribution is -2.38. The molecule has 0 aliphatic carbocycles. The number of nitrogen functional groups attached to an aromatic ring is 1. The first-order valence-corrected chi connectivity index (χ1v) is 8.81. The summed E-state index contributed by atoms with van der Waals surface area (Å²) in [6, 6.07) is 1.01. The Morgan fingerprint density at radius 3 is 2.71 bits per heavy atom. The topological polar surface area (TPSA) is 119 Å². The average molecular weight is 334 g/mol. The molecule has 1 fully saturated rings. The normalized spacial score (nSPS) is 20.1. The van der Waals surface area contributed by atoms with Crippen molar-refractivity contribution in [2.24, 2.45) is 11.8 Å². The second kappa shape index (κ2) is 5.87. The first-order valence-electron chi connectivity index (χ1n) is 6.55. The van der Waals surface area contributed by atoms with Gasteiger partial charge >= 0.3 is 5.69 Å². The maximum atomic E-state index is 12.7. The fourth-order valence-electron chi connectivity index (χ4n) is 2.57. The highest BCUT2D eigenvalue weighted by Gasteiger charge is 2.39. The zero-order valence-electron chi connectivity index (χ0n) is 11.8. The molecule has 1 atom stereocenters. The second-order valence-electron chi connectivity index (χ2n) is 5.25. The summed E-state index contributed by atoms with van der Waals surface area (Å²) in [5.41, 5.74) is 1.87. The molecule has 1 aliphatic rings. The number of hydrogen-bond acceptors (Lipinski definition) is 7. The third-order valence-corrected chi connectivity index (χ3v) is 7.03. The van der Waals surface area contributed by atoms with Gasteiger partial charge in [-0.3, -0.25) is 10.1 Å². The number of sulfonamides is 1. The Morgan fingerprint density at radius 2 is 2.24 bits per heavy atom. The largest absolute Gasteiger partial charge is 0.310 e. The number of rotatable bonds is 5. The Labute approximate surface area is 127 Å². The summed E-state index contributed by atoms with van der Waals surface area (Å²) < 4.78 is 26.8. The number of anilines is 1. The van der Waals surface area contributed by atoms with Crippen LogP contribution >= 0.6 is 11.3 Å². The van der Waals surface area contributed by atoms with Crippen molar-refractivity contribution in [2.75, 3.05) is 12.0 Å². The summed E-state index contributed by atoms with van der Waals surface area (Å²) in [4.78, 5) is 10.3. The van der Waals surface area contributed by atoms with Crippen LogP contribution in [0.5, 0.6) is 0 Å². The minimum atomic E-state index is -3.73. The zero-order valence-corrected chi connectivity index (χ0v) is 13.4. The molecule has 3 N–H and O–H groups in total. The highest BCUT2D eigenvalue weighted by atomic mass is 32.2. The van der Waals surface area contributed by atoms with Crippen molar-refractivity contribution in [3.63, 3.8) is 0 Å². The van der Waals surface area contributed by atoms with Crippen molar-refractivity contribution < 1.29 is 13.3 Å². The predicted octanol–water partition coefficient (Wildman–Crippen LogP) is 1.75. The van der Waals surface area contributed by atoms with Crippen LogP contribution in [0.3, 0.4) is 0 Å². The fraction of sp³-hybridized carbons (Fsp3) is 0.636. The van der Waals surface area contributed by atoms with Gasteiger partial charge in [0, 0.05) is 18.7 Å². The summed E-state index contributed by atoms with van der Waals surface area (Å²) in [7, 11) is -3.73. The molecule has 1 aromatic rings. The zero-order chi connectivity index (χ0) is 15.8. The Bertz CT molecular complexity index is 641. The van der Waals surface area contributed by atoms with E-state index >= 15 is 0 Å². The van der Waals surface area contributed by atoms with Crippen LogP contribution in [-0.4, -0.2) is 30.2 Å². The number of thiophene rings is 1. The Hall–Kier alpha value is -1.23. The monoisotopic (exact) mass is 334 g/mol. The van der Waals surface area contributed by atoms with Gasteiger partial charge in [0.2, 0.25) is 0 Å². The van der Waals surface area contributed by atoms with Crippen LogP contribution in [0.4, 0.5) is 10.7 Å². The number of nitro groups is 1. The standard InChI is InChI=1S/C11H18N4O4S2/c1-7(2)8-4-3-5-14(8)21(18,19)10-6-9(15(16)17)11(13-12)20-10/h6-8,13H,3-5,12H2,1-2H3. The van der Waals surface area contributed by atoms with Gasteiger partial charge in [0.25, 0.3) is 10.0 Å². The Kier molecular flexibility index (Phi) is 4.51. The van der Waals surface area contributed by atoms with E-state index in [1.165, 1.54) is 4.31 Å². The highest BCUT2D eigenvalue weighted by Crippen LogP contribution is 2.39. The van der Waals surface area contributed by atoms with E-state index in [9.17, 15) is 18.5 Å². The van der Waals surface area contributed by atoms with E-state index in [1.807, 2.05) is 13.8 Å². The molecule has 0 aromatic carbocycles. The van der Waals surface area contributed by atoms with Gasteiger partial charge < -0.3 is 5.43 Å². The SMILES string of the molecule is CC(C)C1CCCN1S(=O)(=O)c1cc([N+](=O)[O-])c(NN)s1. The van der Waals surface area contributed by atoms with Gasteiger partial charge in [0.05, 0.1) is 4.92 Å². The highest BCUT2D eigenvalue weighted by molar-refractivity contribution is 7.91. The number of nitrogens with two attached hydrogens (primary N) is 1. The van der Waals surface area contributed by atoms with E-state index in [0.29, 0.717) is 6.54 Å². The molecule has 0 amide bonds. The lowest BCUT2D eigenvalue weighted by Gasteiger charge is -2.26. The van der Waals surface area contributed by atoms with E-state index < -0.39 is 14.9 Å². The van der Waals surface area contributed by atoms with Crippen LogP contribution in [0.2, 0.25) is 0 Å². The Morgan fingerprint density at radius 1 is 1.57 bits per heavy atom. The first-order chi connectivity index (χ1) is 9.78. The molecule has 0 spiro atoms. The minimum Gasteiger partial charge on any atom is -0.310 e. The van der Waals surface area contributed by atoms with Crippen molar-refractivity contribution in [3.05, 3.63) is 16.2 Å². The van der Waals surface area contributed by atoms with E-state index in [-0.39, 0.29) is 26.9 Å². The van der Waals surface area contributed by atoms with Crippen molar-refractivity contribution >= 4 is 32.0 Å². The van der Waals surface area contributed by atoms with Crippen LogP contribution in [0.1, 0.15) is 26.7 Å². The van der Waals surface area contributed by atoms with Crippen molar-refractivity contribution in [3.8, 4) is 0 Å². The van der Waals surface area contributed by atoms with Gasteiger partial charge in [-0.05, 0) is 18.8 Å². The van der Waals surface area contributed by atoms with Gasteiger partial charge in [-0.25, -0.2) is 14.3 Å². The second-order valence-corrected chi connectivity index (χ2v) is 8.42. The van der Waals surface area contributed by atoms with E-state index in [2.05, 4.69) is 5.43 Å². The summed E-state index contributed by atoms with van der Waals surface area (Å²) in [5.74, 6) is 5.42. The predicted molar refractivity (Wildman–Crippen MR) is 80.5 cm³/mol. The molecule has 2 heterocycles. The molecule has 21 heavy (non-hydrogen) atoms. The van der Waals surface area contributed by atoms with Gasteiger partial charge in [-0.2, -0.15) is 4.31 Å². The van der Waals surface area contributed by atoms with Gasteiger partial charge in [0.15, 0.2) is 5.00 Å².